The van der Waals surface area contributed by atoms with Crippen LogP contribution in [-0.2, 0) is 17.9 Å². The van der Waals surface area contributed by atoms with Gasteiger partial charge in [0.2, 0.25) is 11.7 Å². The zero-order chi connectivity index (χ0) is 23.3. The number of hydrogen-bond donors (Lipinski definition) is 1. The second kappa shape index (κ2) is 9.50. The summed E-state index contributed by atoms with van der Waals surface area (Å²) in [6.45, 7) is 2.32. The Labute approximate surface area is 196 Å². The quantitative estimate of drug-likeness (QED) is 0.391. The molecule has 0 saturated carbocycles. The van der Waals surface area contributed by atoms with Gasteiger partial charge in [-0.3, -0.25) is 4.79 Å². The zero-order valence-corrected chi connectivity index (χ0v) is 18.5. The first kappa shape index (κ1) is 21.3. The highest BCUT2D eigenvalue weighted by Gasteiger charge is 2.14. The molecule has 8 heteroatoms. The van der Waals surface area contributed by atoms with Gasteiger partial charge in [-0.1, -0.05) is 54.6 Å². The second-order valence-corrected chi connectivity index (χ2v) is 7.82. The minimum Gasteiger partial charge on any atom is -0.487 e. The van der Waals surface area contributed by atoms with Crippen molar-refractivity contribution < 1.29 is 9.53 Å². The van der Waals surface area contributed by atoms with Crippen LogP contribution in [0.15, 0.2) is 84.9 Å². The molecule has 0 fully saturated rings. The SMILES string of the molecule is CC(=O)N(Cc1ccc(-c2nn[nH]n2)cc1)c1cccc(OCc2ccc3ccccc3n2)c1. The number of rotatable bonds is 7. The molecule has 1 amide bonds. The molecule has 5 rings (SSSR count). The molecule has 0 aliphatic heterocycles. The molecule has 0 saturated heterocycles. The van der Waals surface area contributed by atoms with E-state index in [1.54, 1.807) is 11.8 Å². The average Bonchev–Trinajstić information content (AvgIpc) is 3.41. The van der Waals surface area contributed by atoms with E-state index < -0.39 is 0 Å². The number of carbonyl (C=O) groups excluding carboxylic acids is 1. The number of ether oxygens (including phenoxy) is 1. The summed E-state index contributed by atoms with van der Waals surface area (Å²) < 4.78 is 6.00. The lowest BCUT2D eigenvalue weighted by atomic mass is 10.1. The van der Waals surface area contributed by atoms with E-state index in [4.69, 9.17) is 4.74 Å². The van der Waals surface area contributed by atoms with Crippen LogP contribution in [0.3, 0.4) is 0 Å². The highest BCUT2D eigenvalue weighted by molar-refractivity contribution is 5.91. The van der Waals surface area contributed by atoms with Gasteiger partial charge in [-0.05, 0) is 35.0 Å². The number of pyridine rings is 1. The smallest absolute Gasteiger partial charge is 0.224 e. The Morgan fingerprint density at radius 3 is 2.62 bits per heavy atom. The van der Waals surface area contributed by atoms with Gasteiger partial charge in [0.25, 0.3) is 0 Å². The molecule has 0 aliphatic rings. The minimum absolute atomic E-state index is 0.0596. The van der Waals surface area contributed by atoms with Gasteiger partial charge in [-0.15, -0.1) is 10.2 Å². The van der Waals surface area contributed by atoms with E-state index in [1.807, 2.05) is 84.9 Å². The third-order valence-electron chi connectivity index (χ3n) is 5.45. The number of para-hydroxylation sites is 1. The van der Waals surface area contributed by atoms with Crippen LogP contribution in [-0.4, -0.2) is 31.5 Å². The highest BCUT2D eigenvalue weighted by Crippen LogP contribution is 2.25. The number of tetrazole rings is 1. The van der Waals surface area contributed by atoms with Crippen molar-refractivity contribution in [1.29, 1.82) is 0 Å². The van der Waals surface area contributed by atoms with Crippen molar-refractivity contribution >= 4 is 22.5 Å². The first-order valence-corrected chi connectivity index (χ1v) is 10.8. The summed E-state index contributed by atoms with van der Waals surface area (Å²) in [5, 5.41) is 15.1. The second-order valence-electron chi connectivity index (χ2n) is 7.82. The summed E-state index contributed by atoms with van der Waals surface area (Å²) >= 11 is 0. The number of H-pyrrole nitrogens is 1. The molecule has 2 heterocycles. The molecule has 34 heavy (non-hydrogen) atoms. The van der Waals surface area contributed by atoms with E-state index in [1.165, 1.54) is 0 Å². The highest BCUT2D eigenvalue weighted by atomic mass is 16.5. The number of amides is 1. The molecule has 0 atom stereocenters. The minimum atomic E-state index is -0.0596. The molecule has 5 aromatic rings. The number of nitrogens with zero attached hydrogens (tertiary/aromatic N) is 5. The molecule has 2 aromatic heterocycles. The van der Waals surface area contributed by atoms with Gasteiger partial charge in [-0.2, -0.15) is 5.21 Å². The predicted molar refractivity (Wildman–Crippen MR) is 129 cm³/mol. The van der Waals surface area contributed by atoms with Crippen LogP contribution in [0.1, 0.15) is 18.2 Å². The Morgan fingerprint density at radius 1 is 0.971 bits per heavy atom. The average molecular weight is 451 g/mol. The summed E-state index contributed by atoms with van der Waals surface area (Å²) in [7, 11) is 0. The molecule has 0 unspecified atom stereocenters. The molecule has 168 valence electrons. The number of anilines is 1. The Kier molecular flexibility index (Phi) is 5.94. The topological polar surface area (TPSA) is 96.9 Å². The van der Waals surface area contributed by atoms with Gasteiger partial charge in [0.1, 0.15) is 12.4 Å². The number of aromatic amines is 1. The summed E-state index contributed by atoms with van der Waals surface area (Å²) in [4.78, 5) is 18.8. The van der Waals surface area contributed by atoms with Crippen LogP contribution < -0.4 is 9.64 Å². The van der Waals surface area contributed by atoms with Gasteiger partial charge in [-0.25, -0.2) is 4.98 Å². The Hall–Kier alpha value is -4.59. The van der Waals surface area contributed by atoms with Gasteiger partial charge in [0.15, 0.2) is 0 Å². The number of hydrogen-bond acceptors (Lipinski definition) is 6. The van der Waals surface area contributed by atoms with E-state index in [9.17, 15) is 4.79 Å². The third kappa shape index (κ3) is 4.75. The van der Waals surface area contributed by atoms with Crippen molar-refractivity contribution in [2.75, 3.05) is 4.90 Å². The van der Waals surface area contributed by atoms with Crippen molar-refractivity contribution in [3.63, 3.8) is 0 Å². The van der Waals surface area contributed by atoms with Gasteiger partial charge < -0.3 is 9.64 Å². The van der Waals surface area contributed by atoms with Gasteiger partial charge in [0, 0.05) is 29.6 Å². The van der Waals surface area contributed by atoms with Crippen LogP contribution in [0, 0.1) is 0 Å². The summed E-state index contributed by atoms with van der Waals surface area (Å²) in [6, 6.07) is 27.2. The van der Waals surface area contributed by atoms with Crippen LogP contribution in [0.25, 0.3) is 22.3 Å². The molecule has 8 nitrogen and oxygen atoms in total. The lowest BCUT2D eigenvalue weighted by molar-refractivity contribution is -0.116. The van der Waals surface area contributed by atoms with Crippen LogP contribution >= 0.6 is 0 Å². The van der Waals surface area contributed by atoms with E-state index in [-0.39, 0.29) is 5.91 Å². The molecule has 0 radical (unpaired) electrons. The van der Waals surface area contributed by atoms with Crippen LogP contribution in [0.4, 0.5) is 5.69 Å². The van der Waals surface area contributed by atoms with E-state index >= 15 is 0 Å². The van der Waals surface area contributed by atoms with Crippen molar-refractivity contribution in [2.24, 2.45) is 0 Å². The predicted octanol–water partition coefficient (Wildman–Crippen LogP) is 4.55. The Morgan fingerprint density at radius 2 is 1.82 bits per heavy atom. The van der Waals surface area contributed by atoms with Crippen molar-refractivity contribution in [3.05, 3.63) is 96.2 Å². The maximum absolute atomic E-state index is 12.5. The van der Waals surface area contributed by atoms with Crippen molar-refractivity contribution in [3.8, 4) is 17.1 Å². The Balaban J connectivity index is 1.30. The lowest BCUT2D eigenvalue weighted by Crippen LogP contribution is -2.27. The summed E-state index contributed by atoms with van der Waals surface area (Å²) in [5.74, 6) is 1.14. The monoisotopic (exact) mass is 450 g/mol. The molecule has 0 spiro atoms. The van der Waals surface area contributed by atoms with E-state index in [0.717, 1.165) is 33.4 Å². The first-order valence-electron chi connectivity index (χ1n) is 10.8. The van der Waals surface area contributed by atoms with Crippen molar-refractivity contribution in [1.82, 2.24) is 25.6 Å². The van der Waals surface area contributed by atoms with E-state index in [2.05, 4.69) is 25.6 Å². The standard InChI is InChI=1S/C26H22N6O2/c1-18(33)32(16-19-9-11-21(12-10-19)26-28-30-31-29-26)23-6-4-7-24(15-23)34-17-22-14-13-20-5-2-3-8-25(20)27-22/h2-15H,16-17H2,1H3,(H,28,29,30,31). The summed E-state index contributed by atoms with van der Waals surface area (Å²) in [6.07, 6.45) is 0. The number of fused-ring (bicyclic) bond motifs is 1. The molecule has 0 bridgehead atoms. The zero-order valence-electron chi connectivity index (χ0n) is 18.5. The number of aromatic nitrogens is 5. The largest absolute Gasteiger partial charge is 0.487 e. The van der Waals surface area contributed by atoms with Crippen molar-refractivity contribution in [2.45, 2.75) is 20.1 Å². The summed E-state index contributed by atoms with van der Waals surface area (Å²) in [5.41, 5.74) is 4.37. The molecular weight excluding hydrogens is 428 g/mol. The van der Waals surface area contributed by atoms with Crippen LogP contribution in [0.5, 0.6) is 5.75 Å². The maximum Gasteiger partial charge on any atom is 0.224 e. The first-order chi connectivity index (χ1) is 16.7. The maximum atomic E-state index is 12.5. The Bertz CT molecular complexity index is 1420. The number of carbonyl (C=O) groups is 1. The van der Waals surface area contributed by atoms with Crippen LogP contribution in [0.2, 0.25) is 0 Å². The number of benzene rings is 3. The lowest BCUT2D eigenvalue weighted by Gasteiger charge is -2.22. The molecule has 3 aromatic carbocycles. The van der Waals surface area contributed by atoms with E-state index in [0.29, 0.717) is 24.7 Å². The fourth-order valence-corrected chi connectivity index (χ4v) is 3.70. The molecule has 1 N–H and O–H groups in total. The normalized spacial score (nSPS) is 10.9. The van der Waals surface area contributed by atoms with Gasteiger partial charge >= 0.3 is 0 Å². The third-order valence-corrected chi connectivity index (χ3v) is 5.45. The molecular formula is C26H22N6O2. The fraction of sp³-hybridized carbons (Fsp3) is 0.115. The number of nitrogens with one attached hydrogen (secondary N) is 1. The molecule has 0 aliphatic carbocycles. The van der Waals surface area contributed by atoms with Gasteiger partial charge in [0.05, 0.1) is 17.8 Å². The fourth-order valence-electron chi connectivity index (χ4n) is 3.70.